The summed E-state index contributed by atoms with van der Waals surface area (Å²) >= 11 is 0. The lowest BCUT2D eigenvalue weighted by Crippen LogP contribution is -2.44. The minimum absolute atomic E-state index is 0.212. The molecule has 1 unspecified atom stereocenters. The molecule has 0 bridgehead atoms. The van der Waals surface area contributed by atoms with Crippen molar-refractivity contribution in [2.24, 2.45) is 0 Å². The molecule has 1 saturated heterocycles. The molecule has 1 fully saturated rings. The summed E-state index contributed by atoms with van der Waals surface area (Å²) in [5.41, 5.74) is 0.530. The van der Waals surface area contributed by atoms with Gasteiger partial charge < -0.3 is 15.3 Å². The van der Waals surface area contributed by atoms with Gasteiger partial charge in [-0.05, 0) is 37.1 Å². The van der Waals surface area contributed by atoms with Crippen LogP contribution in [0, 0.1) is 0 Å². The highest BCUT2D eigenvalue weighted by molar-refractivity contribution is 7.90. The number of benzene rings is 1. The van der Waals surface area contributed by atoms with Crippen LogP contribution in [0.5, 0.6) is 0 Å². The quantitative estimate of drug-likeness (QED) is 0.855. The Bertz CT molecular complexity index is 583. The molecule has 2 rings (SSSR count). The van der Waals surface area contributed by atoms with Crippen molar-refractivity contribution in [3.8, 4) is 0 Å². The summed E-state index contributed by atoms with van der Waals surface area (Å²) in [5, 5.41) is 12.2. The predicted octanol–water partition coefficient (Wildman–Crippen LogP) is 1.08. The molecule has 1 aliphatic rings. The van der Waals surface area contributed by atoms with Gasteiger partial charge in [0.25, 0.3) is 0 Å². The van der Waals surface area contributed by atoms with Crippen LogP contribution < -0.4 is 5.32 Å². The van der Waals surface area contributed by atoms with Crippen molar-refractivity contribution in [1.82, 2.24) is 4.90 Å². The SMILES string of the molecule is CS(=O)(=O)c1ccc(NC(=O)N2CCCC(O)C2)cc1. The third-order valence-electron chi connectivity index (χ3n) is 3.22. The number of sulfone groups is 1. The van der Waals surface area contributed by atoms with Gasteiger partial charge in [0.15, 0.2) is 9.84 Å². The highest BCUT2D eigenvalue weighted by atomic mass is 32.2. The number of aliphatic hydroxyl groups excluding tert-OH is 1. The highest BCUT2D eigenvalue weighted by Gasteiger charge is 2.22. The third-order valence-corrected chi connectivity index (χ3v) is 4.35. The molecule has 20 heavy (non-hydrogen) atoms. The van der Waals surface area contributed by atoms with Crippen molar-refractivity contribution in [3.05, 3.63) is 24.3 Å². The molecule has 0 saturated carbocycles. The standard InChI is InChI=1S/C13H18N2O4S/c1-20(18,19)12-6-4-10(5-7-12)14-13(17)15-8-2-3-11(16)9-15/h4-7,11,16H,2-3,8-9H2,1H3,(H,14,17). The van der Waals surface area contributed by atoms with Crippen LogP contribution in [0.25, 0.3) is 0 Å². The molecule has 0 aromatic heterocycles. The van der Waals surface area contributed by atoms with E-state index in [1.165, 1.54) is 12.1 Å². The predicted molar refractivity (Wildman–Crippen MR) is 75.4 cm³/mol. The number of nitrogens with one attached hydrogen (secondary N) is 1. The number of carbonyl (C=O) groups is 1. The van der Waals surface area contributed by atoms with Gasteiger partial charge in [-0.15, -0.1) is 0 Å². The maximum atomic E-state index is 12.0. The second-order valence-corrected chi connectivity index (χ2v) is 6.98. The van der Waals surface area contributed by atoms with Crippen LogP contribution in [0.15, 0.2) is 29.2 Å². The van der Waals surface area contributed by atoms with Crippen LogP contribution in [0.4, 0.5) is 10.5 Å². The van der Waals surface area contributed by atoms with Crippen LogP contribution in [-0.2, 0) is 9.84 Å². The lowest BCUT2D eigenvalue weighted by molar-refractivity contribution is 0.0883. The minimum atomic E-state index is -3.23. The fraction of sp³-hybridized carbons (Fsp3) is 0.462. The zero-order chi connectivity index (χ0) is 14.8. The Morgan fingerprint density at radius 2 is 2.00 bits per heavy atom. The molecule has 1 atom stereocenters. The molecule has 0 radical (unpaired) electrons. The number of hydrogen-bond donors (Lipinski definition) is 2. The van der Waals surface area contributed by atoms with Crippen molar-refractivity contribution in [2.45, 2.75) is 23.8 Å². The molecular weight excluding hydrogens is 280 g/mol. The van der Waals surface area contributed by atoms with E-state index in [1.54, 1.807) is 17.0 Å². The summed E-state index contributed by atoms with van der Waals surface area (Å²) < 4.78 is 22.7. The van der Waals surface area contributed by atoms with Gasteiger partial charge in [-0.3, -0.25) is 0 Å². The molecule has 1 aliphatic heterocycles. The van der Waals surface area contributed by atoms with Crippen LogP contribution in [-0.4, -0.2) is 49.9 Å². The highest BCUT2D eigenvalue weighted by Crippen LogP contribution is 2.16. The zero-order valence-electron chi connectivity index (χ0n) is 11.2. The average molecular weight is 298 g/mol. The molecule has 1 aromatic carbocycles. The second kappa shape index (κ2) is 5.80. The summed E-state index contributed by atoms with van der Waals surface area (Å²) in [7, 11) is -3.23. The summed E-state index contributed by atoms with van der Waals surface area (Å²) in [5.74, 6) is 0. The monoisotopic (exact) mass is 298 g/mol. The fourth-order valence-corrected chi connectivity index (χ4v) is 2.76. The summed E-state index contributed by atoms with van der Waals surface area (Å²) in [4.78, 5) is 13.7. The van der Waals surface area contributed by atoms with E-state index < -0.39 is 15.9 Å². The largest absolute Gasteiger partial charge is 0.391 e. The topological polar surface area (TPSA) is 86.7 Å². The van der Waals surface area contributed by atoms with E-state index in [0.29, 0.717) is 25.2 Å². The molecule has 110 valence electrons. The van der Waals surface area contributed by atoms with Crippen molar-refractivity contribution < 1.29 is 18.3 Å². The number of hydrogen-bond acceptors (Lipinski definition) is 4. The Kier molecular flexibility index (Phi) is 4.29. The maximum Gasteiger partial charge on any atom is 0.321 e. The van der Waals surface area contributed by atoms with Crippen LogP contribution >= 0.6 is 0 Å². The molecule has 2 N–H and O–H groups in total. The molecule has 1 aromatic rings. The number of anilines is 1. The normalized spacial score (nSPS) is 19.7. The van der Waals surface area contributed by atoms with Gasteiger partial charge in [0, 0.05) is 25.0 Å². The first-order chi connectivity index (χ1) is 9.36. The minimum Gasteiger partial charge on any atom is -0.391 e. The molecule has 7 heteroatoms. The number of β-amino-alcohol motifs (C(OH)–C–C–N with tert-alkyl or cyclic N) is 1. The van der Waals surface area contributed by atoms with Crippen LogP contribution in [0.1, 0.15) is 12.8 Å². The number of urea groups is 1. The summed E-state index contributed by atoms with van der Waals surface area (Å²) in [6.07, 6.45) is 2.16. The molecule has 6 nitrogen and oxygen atoms in total. The first kappa shape index (κ1) is 14.8. The molecular formula is C13H18N2O4S. The third kappa shape index (κ3) is 3.71. The van der Waals surface area contributed by atoms with E-state index >= 15 is 0 Å². The fourth-order valence-electron chi connectivity index (χ4n) is 2.13. The zero-order valence-corrected chi connectivity index (χ0v) is 12.1. The molecule has 0 aliphatic carbocycles. The number of nitrogens with zero attached hydrogens (tertiary/aromatic N) is 1. The summed E-state index contributed by atoms with van der Waals surface area (Å²) in [6.45, 7) is 0.942. The van der Waals surface area contributed by atoms with Gasteiger partial charge in [0.1, 0.15) is 0 Å². The first-order valence-electron chi connectivity index (χ1n) is 6.40. The van der Waals surface area contributed by atoms with Gasteiger partial charge in [-0.25, -0.2) is 13.2 Å². The van der Waals surface area contributed by atoms with Crippen molar-refractivity contribution in [2.75, 3.05) is 24.7 Å². The average Bonchev–Trinajstić information content (AvgIpc) is 2.38. The lowest BCUT2D eigenvalue weighted by atomic mass is 10.1. The number of aliphatic hydroxyl groups is 1. The van der Waals surface area contributed by atoms with Crippen molar-refractivity contribution in [1.29, 1.82) is 0 Å². The van der Waals surface area contributed by atoms with Crippen molar-refractivity contribution in [3.63, 3.8) is 0 Å². The smallest absolute Gasteiger partial charge is 0.321 e. The first-order valence-corrected chi connectivity index (χ1v) is 8.29. The van der Waals surface area contributed by atoms with Crippen LogP contribution in [0.3, 0.4) is 0 Å². The Morgan fingerprint density at radius 3 is 2.55 bits per heavy atom. The Morgan fingerprint density at radius 1 is 1.35 bits per heavy atom. The van der Waals surface area contributed by atoms with Gasteiger partial charge in [0.05, 0.1) is 11.0 Å². The number of carbonyl (C=O) groups excluding carboxylic acids is 1. The second-order valence-electron chi connectivity index (χ2n) is 4.97. The van der Waals surface area contributed by atoms with Gasteiger partial charge in [-0.1, -0.05) is 0 Å². The van der Waals surface area contributed by atoms with Gasteiger partial charge >= 0.3 is 6.03 Å². The van der Waals surface area contributed by atoms with Crippen LogP contribution in [0.2, 0.25) is 0 Å². The van der Waals surface area contributed by atoms with Gasteiger partial charge in [-0.2, -0.15) is 0 Å². The van der Waals surface area contributed by atoms with Gasteiger partial charge in [0.2, 0.25) is 0 Å². The van der Waals surface area contributed by atoms with E-state index in [2.05, 4.69) is 5.32 Å². The number of piperidine rings is 1. The number of likely N-dealkylation sites (tertiary alicyclic amines) is 1. The van der Waals surface area contributed by atoms with E-state index in [0.717, 1.165) is 12.7 Å². The van der Waals surface area contributed by atoms with E-state index in [1.807, 2.05) is 0 Å². The lowest BCUT2D eigenvalue weighted by Gasteiger charge is -2.30. The summed E-state index contributed by atoms with van der Waals surface area (Å²) in [6, 6.07) is 5.73. The number of amides is 2. The van der Waals surface area contributed by atoms with Crippen molar-refractivity contribution >= 4 is 21.6 Å². The Hall–Kier alpha value is -1.60. The van der Waals surface area contributed by atoms with E-state index in [-0.39, 0.29) is 10.9 Å². The molecule has 0 spiro atoms. The molecule has 1 heterocycles. The Labute approximate surface area is 118 Å². The maximum absolute atomic E-state index is 12.0. The van der Waals surface area contributed by atoms with E-state index in [9.17, 15) is 18.3 Å². The molecule has 2 amide bonds. The number of rotatable bonds is 2. The van der Waals surface area contributed by atoms with E-state index in [4.69, 9.17) is 0 Å². The Balaban J connectivity index is 2.01.